The Morgan fingerprint density at radius 3 is 2.94 bits per heavy atom. The molecule has 1 aromatic carbocycles. The number of para-hydroxylation sites is 2. The summed E-state index contributed by atoms with van der Waals surface area (Å²) in [6.45, 7) is 3.64. The summed E-state index contributed by atoms with van der Waals surface area (Å²) in [6, 6.07) is 10.4. The van der Waals surface area contributed by atoms with E-state index in [0.717, 1.165) is 12.1 Å². The number of hydrogen-bond donors (Lipinski definition) is 1. The SMILES string of the molecule is Cc1sc(CN)cc1Cn1cnc2ccccc21. The van der Waals surface area contributed by atoms with E-state index < -0.39 is 0 Å². The van der Waals surface area contributed by atoms with Gasteiger partial charge in [0.1, 0.15) is 0 Å². The van der Waals surface area contributed by atoms with Crippen LogP contribution in [0.25, 0.3) is 11.0 Å². The molecule has 0 saturated heterocycles. The van der Waals surface area contributed by atoms with E-state index in [-0.39, 0.29) is 0 Å². The van der Waals surface area contributed by atoms with Crippen molar-refractivity contribution in [2.24, 2.45) is 5.73 Å². The van der Waals surface area contributed by atoms with Gasteiger partial charge in [0.05, 0.1) is 23.9 Å². The summed E-state index contributed by atoms with van der Waals surface area (Å²) in [5.41, 5.74) is 9.25. The molecule has 0 aliphatic rings. The van der Waals surface area contributed by atoms with Gasteiger partial charge < -0.3 is 10.3 Å². The first-order valence-corrected chi connectivity index (χ1v) is 6.77. The fraction of sp³-hybridized carbons (Fsp3) is 0.214. The minimum absolute atomic E-state index is 0.621. The van der Waals surface area contributed by atoms with E-state index in [1.807, 2.05) is 24.5 Å². The number of fused-ring (bicyclic) bond motifs is 1. The van der Waals surface area contributed by atoms with Crippen molar-refractivity contribution in [3.63, 3.8) is 0 Å². The fourth-order valence-corrected chi connectivity index (χ4v) is 3.10. The maximum Gasteiger partial charge on any atom is 0.0961 e. The molecule has 2 aromatic heterocycles. The predicted octanol–water partition coefficient (Wildman–Crippen LogP) is 2.91. The number of imidazole rings is 1. The Balaban J connectivity index is 1.98. The smallest absolute Gasteiger partial charge is 0.0961 e. The zero-order chi connectivity index (χ0) is 12.5. The van der Waals surface area contributed by atoms with Gasteiger partial charge in [-0.1, -0.05) is 12.1 Å². The molecule has 0 atom stereocenters. The van der Waals surface area contributed by atoms with Crippen molar-refractivity contribution >= 4 is 22.4 Å². The summed E-state index contributed by atoms with van der Waals surface area (Å²) in [7, 11) is 0. The van der Waals surface area contributed by atoms with Crippen LogP contribution in [0.3, 0.4) is 0 Å². The number of nitrogens with zero attached hydrogens (tertiary/aromatic N) is 2. The topological polar surface area (TPSA) is 43.8 Å². The molecule has 0 bridgehead atoms. The number of hydrogen-bond acceptors (Lipinski definition) is 3. The molecule has 0 fully saturated rings. The molecule has 92 valence electrons. The molecule has 3 rings (SSSR count). The van der Waals surface area contributed by atoms with Crippen LogP contribution in [0.4, 0.5) is 0 Å². The van der Waals surface area contributed by atoms with E-state index in [0.29, 0.717) is 6.54 Å². The standard InChI is InChI=1S/C14H15N3S/c1-10-11(6-12(7-15)18-10)8-17-9-16-13-4-2-3-5-14(13)17/h2-6,9H,7-8,15H2,1H3. The number of rotatable bonds is 3. The molecule has 2 N–H and O–H groups in total. The molecule has 0 unspecified atom stereocenters. The van der Waals surface area contributed by atoms with Crippen LogP contribution in [-0.4, -0.2) is 9.55 Å². The summed E-state index contributed by atoms with van der Waals surface area (Å²) in [6.07, 6.45) is 1.91. The van der Waals surface area contributed by atoms with Gasteiger partial charge in [-0.2, -0.15) is 0 Å². The average Bonchev–Trinajstić information content (AvgIpc) is 2.95. The van der Waals surface area contributed by atoms with Crippen molar-refractivity contribution in [3.8, 4) is 0 Å². The van der Waals surface area contributed by atoms with Crippen molar-refractivity contribution in [3.05, 3.63) is 52.0 Å². The van der Waals surface area contributed by atoms with Gasteiger partial charge in [0, 0.05) is 16.3 Å². The summed E-state index contributed by atoms with van der Waals surface area (Å²) in [4.78, 5) is 7.00. The Kier molecular flexibility index (Phi) is 2.89. The monoisotopic (exact) mass is 257 g/mol. The highest BCUT2D eigenvalue weighted by atomic mass is 32.1. The highest BCUT2D eigenvalue weighted by Gasteiger charge is 2.07. The Hall–Kier alpha value is -1.65. The molecular weight excluding hydrogens is 242 g/mol. The lowest BCUT2D eigenvalue weighted by Crippen LogP contribution is -1.98. The summed E-state index contributed by atoms with van der Waals surface area (Å²) < 4.78 is 2.19. The molecule has 18 heavy (non-hydrogen) atoms. The molecule has 0 saturated carbocycles. The van der Waals surface area contributed by atoms with Crippen LogP contribution in [-0.2, 0) is 13.1 Å². The van der Waals surface area contributed by atoms with Crippen LogP contribution in [0.15, 0.2) is 36.7 Å². The van der Waals surface area contributed by atoms with Gasteiger partial charge >= 0.3 is 0 Å². The first kappa shape index (κ1) is 11.4. The second kappa shape index (κ2) is 4.55. The Morgan fingerprint density at radius 1 is 1.33 bits per heavy atom. The number of aryl methyl sites for hydroxylation is 1. The third kappa shape index (κ3) is 1.94. The van der Waals surface area contributed by atoms with Gasteiger partial charge in [0.25, 0.3) is 0 Å². The van der Waals surface area contributed by atoms with Gasteiger partial charge in [0.2, 0.25) is 0 Å². The lowest BCUT2D eigenvalue weighted by atomic mass is 10.2. The van der Waals surface area contributed by atoms with Crippen molar-refractivity contribution in [2.45, 2.75) is 20.0 Å². The van der Waals surface area contributed by atoms with Gasteiger partial charge in [0.15, 0.2) is 0 Å². The molecule has 0 amide bonds. The average molecular weight is 257 g/mol. The highest BCUT2D eigenvalue weighted by Crippen LogP contribution is 2.23. The quantitative estimate of drug-likeness (QED) is 0.784. The number of nitrogens with two attached hydrogens (primary N) is 1. The van der Waals surface area contributed by atoms with Crippen LogP contribution in [0, 0.1) is 6.92 Å². The molecular formula is C14H15N3S. The fourth-order valence-electron chi connectivity index (χ4n) is 2.16. The van der Waals surface area contributed by atoms with Crippen LogP contribution in [0.5, 0.6) is 0 Å². The third-order valence-corrected chi connectivity index (χ3v) is 4.26. The molecule has 0 aliphatic carbocycles. The summed E-state index contributed by atoms with van der Waals surface area (Å²) >= 11 is 1.78. The molecule has 3 nitrogen and oxygen atoms in total. The van der Waals surface area contributed by atoms with Crippen LogP contribution < -0.4 is 5.73 Å². The largest absolute Gasteiger partial charge is 0.326 e. The van der Waals surface area contributed by atoms with E-state index >= 15 is 0 Å². The maximum atomic E-state index is 5.69. The van der Waals surface area contributed by atoms with Gasteiger partial charge in [-0.05, 0) is 30.7 Å². The minimum atomic E-state index is 0.621. The second-order valence-corrected chi connectivity index (χ2v) is 5.70. The number of aromatic nitrogens is 2. The summed E-state index contributed by atoms with van der Waals surface area (Å²) in [5.74, 6) is 0. The van der Waals surface area contributed by atoms with E-state index in [1.54, 1.807) is 11.3 Å². The van der Waals surface area contributed by atoms with Crippen molar-refractivity contribution in [1.82, 2.24) is 9.55 Å². The first-order valence-electron chi connectivity index (χ1n) is 5.96. The van der Waals surface area contributed by atoms with E-state index in [9.17, 15) is 0 Å². The van der Waals surface area contributed by atoms with Crippen LogP contribution >= 0.6 is 11.3 Å². The Morgan fingerprint density at radius 2 is 2.17 bits per heavy atom. The zero-order valence-corrected chi connectivity index (χ0v) is 11.1. The van der Waals surface area contributed by atoms with Crippen molar-refractivity contribution in [2.75, 3.05) is 0 Å². The first-order chi connectivity index (χ1) is 8.78. The second-order valence-electron chi connectivity index (χ2n) is 4.36. The summed E-state index contributed by atoms with van der Waals surface area (Å²) in [5, 5.41) is 0. The predicted molar refractivity (Wildman–Crippen MR) is 75.8 cm³/mol. The number of thiophene rings is 1. The van der Waals surface area contributed by atoms with E-state index in [4.69, 9.17) is 5.73 Å². The lowest BCUT2D eigenvalue weighted by Gasteiger charge is -2.03. The van der Waals surface area contributed by atoms with Gasteiger partial charge in [-0.25, -0.2) is 4.98 Å². The Bertz CT molecular complexity index is 681. The van der Waals surface area contributed by atoms with Gasteiger partial charge in [-0.3, -0.25) is 0 Å². The van der Waals surface area contributed by atoms with Crippen molar-refractivity contribution < 1.29 is 0 Å². The lowest BCUT2D eigenvalue weighted by molar-refractivity contribution is 0.822. The molecule has 4 heteroatoms. The van der Waals surface area contributed by atoms with Crippen molar-refractivity contribution in [1.29, 1.82) is 0 Å². The van der Waals surface area contributed by atoms with E-state index in [2.05, 4.69) is 28.6 Å². The van der Waals surface area contributed by atoms with Gasteiger partial charge in [-0.15, -0.1) is 11.3 Å². The van der Waals surface area contributed by atoms with E-state index in [1.165, 1.54) is 20.8 Å². The van der Waals surface area contributed by atoms with Crippen LogP contribution in [0.1, 0.15) is 15.3 Å². The highest BCUT2D eigenvalue weighted by molar-refractivity contribution is 7.12. The zero-order valence-electron chi connectivity index (χ0n) is 10.3. The molecule has 0 aliphatic heterocycles. The number of benzene rings is 1. The third-order valence-electron chi connectivity index (χ3n) is 3.14. The normalized spacial score (nSPS) is 11.2. The molecule has 0 spiro atoms. The van der Waals surface area contributed by atoms with Crippen LogP contribution in [0.2, 0.25) is 0 Å². The Labute approximate surface area is 110 Å². The molecule has 0 radical (unpaired) electrons. The minimum Gasteiger partial charge on any atom is -0.326 e. The molecule has 3 aromatic rings. The maximum absolute atomic E-state index is 5.69. The molecule has 2 heterocycles.